The van der Waals surface area contributed by atoms with Crippen LogP contribution < -0.4 is 26.4 Å². The van der Waals surface area contributed by atoms with Crippen LogP contribution in [-0.4, -0.2) is 55.7 Å². The van der Waals surface area contributed by atoms with E-state index in [9.17, 15) is 13.2 Å². The Kier molecular flexibility index (Phi) is 7.08. The summed E-state index contributed by atoms with van der Waals surface area (Å²) >= 11 is 0. The van der Waals surface area contributed by atoms with E-state index in [-0.39, 0.29) is 12.5 Å². The number of benzene rings is 1. The first-order chi connectivity index (χ1) is 17.2. The molecule has 36 heavy (non-hydrogen) atoms. The third-order valence-corrected chi connectivity index (χ3v) is 6.84. The molecule has 188 valence electrons. The molecule has 0 radical (unpaired) electrons. The maximum Gasteiger partial charge on any atom is 0.251 e. The highest BCUT2D eigenvalue weighted by Gasteiger charge is 2.18. The van der Waals surface area contributed by atoms with Crippen molar-refractivity contribution >= 4 is 44.2 Å². The molecular formula is C24H28N8O3S. The Labute approximate surface area is 209 Å². The minimum Gasteiger partial charge on any atom is -0.396 e. The van der Waals surface area contributed by atoms with Crippen molar-refractivity contribution in [2.45, 2.75) is 6.54 Å². The highest BCUT2D eigenvalue weighted by atomic mass is 32.2. The van der Waals surface area contributed by atoms with Crippen LogP contribution in [0.2, 0.25) is 0 Å². The highest BCUT2D eigenvalue weighted by Crippen LogP contribution is 2.33. The van der Waals surface area contributed by atoms with Gasteiger partial charge in [0.2, 0.25) is 10.0 Å². The second-order valence-electron chi connectivity index (χ2n) is 8.23. The fraction of sp³-hybridized carbons (Fsp3) is 0.208. The predicted molar refractivity (Wildman–Crippen MR) is 142 cm³/mol. The number of aromatic nitrogens is 3. The number of nitrogen functional groups attached to an aromatic ring is 1. The van der Waals surface area contributed by atoms with Crippen molar-refractivity contribution in [2.24, 2.45) is 5.73 Å². The molecule has 11 nitrogen and oxygen atoms in total. The minimum atomic E-state index is -3.48. The summed E-state index contributed by atoms with van der Waals surface area (Å²) in [6, 6.07) is 12.7. The van der Waals surface area contributed by atoms with Crippen molar-refractivity contribution in [3.63, 3.8) is 0 Å². The molecule has 0 saturated carbocycles. The van der Waals surface area contributed by atoms with Gasteiger partial charge in [0.25, 0.3) is 5.91 Å². The van der Waals surface area contributed by atoms with Gasteiger partial charge in [-0.15, -0.1) is 0 Å². The maximum absolute atomic E-state index is 12.4. The van der Waals surface area contributed by atoms with E-state index < -0.39 is 10.0 Å². The summed E-state index contributed by atoms with van der Waals surface area (Å²) in [6.45, 7) is 1.04. The fourth-order valence-electron chi connectivity index (χ4n) is 3.75. The van der Waals surface area contributed by atoms with E-state index >= 15 is 0 Å². The fourth-order valence-corrected chi connectivity index (χ4v) is 4.23. The summed E-state index contributed by atoms with van der Waals surface area (Å²) in [5.41, 5.74) is 16.2. The number of carbonyl (C=O) groups excluding carboxylic acids is 1. The van der Waals surface area contributed by atoms with Crippen molar-refractivity contribution in [1.29, 1.82) is 0 Å². The lowest BCUT2D eigenvalue weighted by molar-refractivity contribution is 0.0954. The largest absolute Gasteiger partial charge is 0.396 e. The van der Waals surface area contributed by atoms with E-state index in [1.165, 1.54) is 7.05 Å². The Bertz CT molecular complexity index is 1520. The molecule has 0 fully saturated rings. The van der Waals surface area contributed by atoms with Crippen LogP contribution in [0.1, 0.15) is 15.9 Å². The van der Waals surface area contributed by atoms with Crippen molar-refractivity contribution in [3.05, 3.63) is 66.0 Å². The van der Waals surface area contributed by atoms with E-state index in [0.29, 0.717) is 47.1 Å². The third kappa shape index (κ3) is 5.24. The van der Waals surface area contributed by atoms with E-state index in [4.69, 9.17) is 11.5 Å². The zero-order chi connectivity index (χ0) is 25.9. The molecule has 0 spiro atoms. The molecule has 7 N–H and O–H groups in total. The molecule has 3 heterocycles. The standard InChI is InChI=1S/C24H28N8O3S/c1-32(36(2,34)35)23-17(7-4-9-27-23)13-29-21-18-12-20(31-22(18)30-14-19(21)26)15-5-3-6-16(11-15)24(33)28-10-8-25/h3-7,9,11-12,14H,8,10,13,25-26H2,1-2H3,(H,28,33)(H2,29,30,31). The number of nitrogens with two attached hydrogens (primary N) is 2. The number of sulfonamides is 1. The number of hydrogen-bond donors (Lipinski definition) is 5. The number of rotatable bonds is 9. The highest BCUT2D eigenvalue weighted by molar-refractivity contribution is 7.92. The number of hydrogen-bond acceptors (Lipinski definition) is 8. The first-order valence-corrected chi connectivity index (χ1v) is 13.0. The van der Waals surface area contributed by atoms with Gasteiger partial charge in [0.1, 0.15) is 11.5 Å². The van der Waals surface area contributed by atoms with Gasteiger partial charge >= 0.3 is 0 Å². The van der Waals surface area contributed by atoms with Crippen molar-refractivity contribution in [1.82, 2.24) is 20.3 Å². The number of carbonyl (C=O) groups is 1. The lowest BCUT2D eigenvalue weighted by Crippen LogP contribution is -2.28. The van der Waals surface area contributed by atoms with E-state index in [1.807, 2.05) is 12.1 Å². The summed E-state index contributed by atoms with van der Waals surface area (Å²) in [5, 5.41) is 6.83. The molecule has 0 saturated heterocycles. The summed E-state index contributed by atoms with van der Waals surface area (Å²) in [6.07, 6.45) is 4.22. The molecule has 0 aliphatic heterocycles. The Hall–Kier alpha value is -4.16. The zero-order valence-corrected chi connectivity index (χ0v) is 20.8. The van der Waals surface area contributed by atoms with Gasteiger partial charge in [-0.1, -0.05) is 18.2 Å². The quantitative estimate of drug-likeness (QED) is 0.228. The molecule has 0 aliphatic rings. The lowest BCUT2D eigenvalue weighted by atomic mass is 10.1. The molecule has 1 aromatic carbocycles. The van der Waals surface area contributed by atoms with Crippen molar-refractivity contribution in [2.75, 3.05) is 41.7 Å². The Morgan fingerprint density at radius 2 is 1.97 bits per heavy atom. The van der Waals surface area contributed by atoms with Crippen LogP contribution in [0.15, 0.2) is 54.9 Å². The molecule has 1 amide bonds. The van der Waals surface area contributed by atoms with Gasteiger partial charge in [-0.05, 0) is 29.8 Å². The molecule has 0 unspecified atom stereocenters. The van der Waals surface area contributed by atoms with E-state index in [1.54, 1.807) is 42.7 Å². The number of amides is 1. The van der Waals surface area contributed by atoms with Gasteiger partial charge in [-0.3, -0.25) is 9.10 Å². The van der Waals surface area contributed by atoms with Crippen molar-refractivity contribution < 1.29 is 13.2 Å². The van der Waals surface area contributed by atoms with Gasteiger partial charge in [-0.2, -0.15) is 0 Å². The molecule has 3 aromatic heterocycles. The lowest BCUT2D eigenvalue weighted by Gasteiger charge is -2.19. The third-order valence-electron chi connectivity index (χ3n) is 5.67. The van der Waals surface area contributed by atoms with Gasteiger partial charge in [0.15, 0.2) is 0 Å². The Morgan fingerprint density at radius 1 is 1.17 bits per heavy atom. The smallest absolute Gasteiger partial charge is 0.251 e. The normalized spacial score (nSPS) is 11.4. The average molecular weight is 509 g/mol. The zero-order valence-electron chi connectivity index (χ0n) is 19.9. The van der Waals surface area contributed by atoms with Crippen LogP contribution in [0.3, 0.4) is 0 Å². The first kappa shape index (κ1) is 24.9. The van der Waals surface area contributed by atoms with Crippen LogP contribution in [0, 0.1) is 0 Å². The second kappa shape index (κ2) is 10.2. The molecular weight excluding hydrogens is 480 g/mol. The minimum absolute atomic E-state index is 0.200. The maximum atomic E-state index is 12.4. The molecule has 0 bridgehead atoms. The Morgan fingerprint density at radius 3 is 2.72 bits per heavy atom. The van der Waals surface area contributed by atoms with Gasteiger partial charge in [0.05, 0.1) is 23.8 Å². The van der Waals surface area contributed by atoms with Crippen molar-refractivity contribution in [3.8, 4) is 11.3 Å². The average Bonchev–Trinajstić information content (AvgIpc) is 3.30. The Balaban J connectivity index is 1.65. The molecule has 4 rings (SSSR count). The van der Waals surface area contributed by atoms with Gasteiger partial charge < -0.3 is 27.1 Å². The number of aromatic amines is 1. The van der Waals surface area contributed by atoms with Crippen LogP contribution in [0.25, 0.3) is 22.3 Å². The van der Waals surface area contributed by atoms with Crippen LogP contribution in [0.5, 0.6) is 0 Å². The molecule has 4 aromatic rings. The summed E-state index contributed by atoms with van der Waals surface area (Å²) in [7, 11) is -2.02. The number of pyridine rings is 2. The van der Waals surface area contributed by atoms with Crippen LogP contribution in [0.4, 0.5) is 17.2 Å². The number of fused-ring (bicyclic) bond motifs is 1. The monoisotopic (exact) mass is 508 g/mol. The van der Waals surface area contributed by atoms with Crippen LogP contribution >= 0.6 is 0 Å². The summed E-state index contributed by atoms with van der Waals surface area (Å²) in [4.78, 5) is 24.3. The SMILES string of the molecule is CN(c1ncccc1CNc1c(N)cnc2[nH]c(-c3cccc(C(=O)NCCN)c3)cc12)S(C)(=O)=O. The summed E-state index contributed by atoms with van der Waals surface area (Å²) in [5.74, 6) is 0.130. The summed E-state index contributed by atoms with van der Waals surface area (Å²) < 4.78 is 25.2. The van der Waals surface area contributed by atoms with Gasteiger partial charge in [0, 0.05) is 55.1 Å². The second-order valence-corrected chi connectivity index (χ2v) is 10.2. The molecule has 0 aliphatic carbocycles. The number of anilines is 3. The van der Waals surface area contributed by atoms with Crippen LogP contribution in [-0.2, 0) is 16.6 Å². The molecule has 12 heteroatoms. The number of nitrogens with one attached hydrogen (secondary N) is 3. The van der Waals surface area contributed by atoms with E-state index in [0.717, 1.165) is 27.2 Å². The predicted octanol–water partition coefficient (Wildman–Crippen LogP) is 1.90. The number of nitrogens with zero attached hydrogens (tertiary/aromatic N) is 3. The van der Waals surface area contributed by atoms with E-state index in [2.05, 4.69) is 25.6 Å². The first-order valence-electron chi connectivity index (χ1n) is 11.2. The molecule has 0 atom stereocenters. The number of H-pyrrole nitrogens is 1. The topological polar surface area (TPSA) is 172 Å². The van der Waals surface area contributed by atoms with Gasteiger partial charge in [-0.25, -0.2) is 18.4 Å².